The fraction of sp³-hybridized carbons (Fsp3) is 0.0500. The summed E-state index contributed by atoms with van der Waals surface area (Å²) in [5.74, 6) is -1.35. The predicted molar refractivity (Wildman–Crippen MR) is 113 cm³/mol. The Kier molecular flexibility index (Phi) is 4.95. The normalized spacial score (nSPS) is 13.1. The number of hydrogen-bond donors (Lipinski definition) is 2. The highest BCUT2D eigenvalue weighted by Crippen LogP contribution is 2.31. The third kappa shape index (κ3) is 5.71. The molecule has 0 heterocycles. The molecule has 0 aliphatic heterocycles. The molecule has 3 N–H and O–H groups in total. The van der Waals surface area contributed by atoms with Gasteiger partial charge >= 0.3 is 0 Å². The van der Waals surface area contributed by atoms with Crippen LogP contribution in [-0.4, -0.2) is 14.3 Å². The van der Waals surface area contributed by atoms with Gasteiger partial charge in [-0.3, -0.25) is 4.79 Å². The molecule has 1 amide bonds. The van der Waals surface area contributed by atoms with Crippen LogP contribution >= 0.6 is 23.2 Å². The lowest BCUT2D eigenvalue weighted by atomic mass is 10.1. The number of halogens is 2. The molecule has 9 heteroatoms. The van der Waals surface area contributed by atoms with Crippen LogP contribution in [0.4, 0.5) is 5.69 Å². The van der Waals surface area contributed by atoms with Crippen LogP contribution in [0.2, 0.25) is 10.0 Å². The Morgan fingerprint density at radius 1 is 1.10 bits per heavy atom. The van der Waals surface area contributed by atoms with Crippen molar-refractivity contribution in [3.8, 4) is 11.5 Å². The first kappa shape index (κ1) is 16.2. The van der Waals surface area contributed by atoms with Gasteiger partial charge in [0, 0.05) is 15.7 Å². The highest BCUT2D eigenvalue weighted by Gasteiger charge is 2.18. The van der Waals surface area contributed by atoms with E-state index in [1.807, 2.05) is 0 Å². The fourth-order valence-electron chi connectivity index (χ4n) is 2.36. The molecule has 0 spiro atoms. The van der Waals surface area contributed by atoms with Crippen molar-refractivity contribution in [1.29, 1.82) is 0 Å². The van der Waals surface area contributed by atoms with Crippen molar-refractivity contribution in [2.75, 3.05) is 5.32 Å². The van der Waals surface area contributed by atoms with Crippen LogP contribution in [0.3, 0.4) is 0 Å². The molecule has 0 fully saturated rings. The number of benzene rings is 3. The molecule has 0 atom stereocenters. The van der Waals surface area contributed by atoms with Crippen LogP contribution in [-0.2, 0) is 21.2 Å². The van der Waals surface area contributed by atoms with Gasteiger partial charge in [-0.1, -0.05) is 41.4 Å². The minimum absolute atomic E-state index is 0.0592. The molecule has 0 unspecified atom stereocenters. The minimum atomic E-state index is -4.37. The van der Waals surface area contributed by atoms with Gasteiger partial charge in [0.1, 0.15) is 16.4 Å². The van der Waals surface area contributed by atoms with Crippen LogP contribution in [0.15, 0.2) is 71.5 Å². The van der Waals surface area contributed by atoms with Gasteiger partial charge in [-0.25, -0.2) is 13.6 Å². The molecular weight excluding hydrogens is 435 g/mol. The second kappa shape index (κ2) is 8.84. The van der Waals surface area contributed by atoms with Gasteiger partial charge in [-0.05, 0) is 54.0 Å². The zero-order valence-corrected chi connectivity index (χ0v) is 17.0. The molecule has 0 bridgehead atoms. The number of carbonyl (C=O) groups excluding carboxylic acids is 1. The molecule has 6 nitrogen and oxygen atoms in total. The summed E-state index contributed by atoms with van der Waals surface area (Å²) in [6, 6.07) is 8.03. The van der Waals surface area contributed by atoms with Gasteiger partial charge in [0.15, 0.2) is 0 Å². The van der Waals surface area contributed by atoms with Crippen LogP contribution in [0.25, 0.3) is 0 Å². The number of nitrogens with two attached hydrogens (primary N) is 1. The maximum Gasteiger partial charge on any atom is 0.241 e. The second-order valence-corrected chi connectivity index (χ2v) is 8.08. The number of rotatable bonds is 6. The number of sulfonamides is 1. The third-order valence-corrected chi connectivity index (χ3v) is 5.12. The molecule has 3 aromatic rings. The molecule has 0 aliphatic rings. The van der Waals surface area contributed by atoms with Gasteiger partial charge in [0.2, 0.25) is 15.9 Å². The lowest BCUT2D eigenvalue weighted by Crippen LogP contribution is -2.17. The van der Waals surface area contributed by atoms with Crippen LogP contribution in [0, 0.1) is 0 Å². The molecule has 0 aromatic heterocycles. The van der Waals surface area contributed by atoms with E-state index in [1.165, 1.54) is 12.1 Å². The maximum absolute atomic E-state index is 12.4. The summed E-state index contributed by atoms with van der Waals surface area (Å²) in [6.07, 6.45) is -0.0592. The smallest absolute Gasteiger partial charge is 0.241 e. The first-order chi connectivity index (χ1) is 15.4. The molecule has 0 radical (unpaired) electrons. The molecule has 0 saturated carbocycles. The van der Waals surface area contributed by atoms with E-state index in [2.05, 4.69) is 5.32 Å². The van der Waals surface area contributed by atoms with Crippen molar-refractivity contribution in [3.63, 3.8) is 0 Å². The number of ether oxygens (including phenoxy) is 1. The highest BCUT2D eigenvalue weighted by atomic mass is 35.5. The quantitative estimate of drug-likeness (QED) is 0.567. The summed E-state index contributed by atoms with van der Waals surface area (Å²) >= 11 is 11.8. The zero-order valence-electron chi connectivity index (χ0n) is 18.6. The van der Waals surface area contributed by atoms with Crippen molar-refractivity contribution >= 4 is 44.8 Å². The van der Waals surface area contributed by atoms with Crippen molar-refractivity contribution in [1.82, 2.24) is 0 Å². The van der Waals surface area contributed by atoms with E-state index in [0.717, 1.165) is 6.07 Å². The first-order valence-corrected chi connectivity index (χ1v) is 10.3. The second-order valence-electron chi connectivity index (χ2n) is 5.77. The minimum Gasteiger partial charge on any atom is -0.456 e. The Labute approximate surface area is 183 Å². The summed E-state index contributed by atoms with van der Waals surface area (Å²) in [4.78, 5) is 11.8. The van der Waals surface area contributed by atoms with Crippen molar-refractivity contribution < 1.29 is 23.4 Å². The number of primary sulfonamides is 1. The van der Waals surface area contributed by atoms with Gasteiger partial charge in [-0.15, -0.1) is 0 Å². The largest absolute Gasteiger partial charge is 0.456 e. The van der Waals surface area contributed by atoms with E-state index in [4.69, 9.17) is 38.6 Å². The molecule has 29 heavy (non-hydrogen) atoms. The van der Waals surface area contributed by atoms with Gasteiger partial charge in [-0.2, -0.15) is 0 Å². The van der Waals surface area contributed by atoms with E-state index in [-0.39, 0.29) is 17.9 Å². The highest BCUT2D eigenvalue weighted by molar-refractivity contribution is 7.89. The Hall–Kier alpha value is -2.58. The van der Waals surface area contributed by atoms with Crippen molar-refractivity contribution in [2.45, 2.75) is 11.3 Å². The summed E-state index contributed by atoms with van der Waals surface area (Å²) in [5, 5.41) is 7.84. The summed E-state index contributed by atoms with van der Waals surface area (Å²) in [5.41, 5.74) is 0.675. The number of amides is 1. The average Bonchev–Trinajstić information content (AvgIpc) is 2.75. The van der Waals surface area contributed by atoms with Crippen molar-refractivity contribution in [2.24, 2.45) is 5.14 Å². The third-order valence-electron chi connectivity index (χ3n) is 3.63. The Bertz CT molecular complexity index is 1340. The van der Waals surface area contributed by atoms with E-state index >= 15 is 0 Å². The molecule has 3 rings (SSSR count). The van der Waals surface area contributed by atoms with Gasteiger partial charge in [0.25, 0.3) is 0 Å². The van der Waals surface area contributed by atoms with Crippen LogP contribution < -0.4 is 15.2 Å². The van der Waals surface area contributed by atoms with E-state index < -0.39 is 55.8 Å². The summed E-state index contributed by atoms with van der Waals surface area (Å²) in [7, 11) is -4.37. The SMILES string of the molecule is [2H]c1c([2H])c(Oc2ccc(NC(=O)Cc3ccccc3Cl)cc2S(N)(=O)=O)c([2H])c([2H])c1Cl. The van der Waals surface area contributed by atoms with Gasteiger partial charge in [0.05, 0.1) is 11.9 Å². The molecule has 150 valence electrons. The fourth-order valence-corrected chi connectivity index (χ4v) is 3.34. The maximum atomic E-state index is 12.4. The number of nitrogens with one attached hydrogen (secondary N) is 1. The standard InChI is InChI=1S/C20H16Cl2N2O4S/c21-14-5-8-16(9-6-14)28-18-10-7-15(12-19(18)29(23,26)27)24-20(25)11-13-3-1-2-4-17(13)22/h1-10,12H,11H2,(H,24,25)(H2,23,26,27)/i5D,6D,8D,9D. The molecular formula is C20H16Cl2N2O4S. The average molecular weight is 455 g/mol. The number of hydrogen-bond acceptors (Lipinski definition) is 4. The van der Waals surface area contributed by atoms with E-state index in [1.54, 1.807) is 24.3 Å². The van der Waals surface area contributed by atoms with E-state index in [9.17, 15) is 13.2 Å². The Morgan fingerprint density at radius 2 is 1.79 bits per heavy atom. The molecule has 0 saturated heterocycles. The van der Waals surface area contributed by atoms with Crippen LogP contribution in [0.1, 0.15) is 11.0 Å². The van der Waals surface area contributed by atoms with Crippen molar-refractivity contribution in [3.05, 3.63) is 82.2 Å². The molecule has 3 aromatic carbocycles. The lowest BCUT2D eigenvalue weighted by Gasteiger charge is -2.13. The lowest BCUT2D eigenvalue weighted by molar-refractivity contribution is -0.115. The Morgan fingerprint density at radius 3 is 2.45 bits per heavy atom. The molecule has 0 aliphatic carbocycles. The predicted octanol–water partition coefficient (Wildman–Crippen LogP) is 4.61. The van der Waals surface area contributed by atoms with E-state index in [0.29, 0.717) is 10.6 Å². The number of anilines is 1. The van der Waals surface area contributed by atoms with Crippen LogP contribution in [0.5, 0.6) is 11.5 Å². The Balaban J connectivity index is 1.95. The zero-order chi connectivity index (χ0) is 24.5. The van der Waals surface area contributed by atoms with Gasteiger partial charge < -0.3 is 10.1 Å². The number of carbonyl (C=O) groups is 1. The summed E-state index contributed by atoms with van der Waals surface area (Å²) < 4.78 is 61.2. The summed E-state index contributed by atoms with van der Waals surface area (Å²) in [6.45, 7) is 0. The topological polar surface area (TPSA) is 98.5 Å². The first-order valence-electron chi connectivity index (χ1n) is 10.0. The monoisotopic (exact) mass is 454 g/mol.